The average Bonchev–Trinajstić information content (AvgIpc) is 3.34. The van der Waals surface area contributed by atoms with Crippen LogP contribution < -0.4 is 4.74 Å². The number of aromatic nitrogens is 2. The molecule has 0 radical (unpaired) electrons. The Morgan fingerprint density at radius 3 is 2.65 bits per heavy atom. The molecule has 1 aliphatic heterocycles. The molecule has 0 fully saturated rings. The smallest absolute Gasteiger partial charge is 0.273 e. The number of carbonyl (C=O) groups is 1. The number of halogens is 1. The summed E-state index contributed by atoms with van der Waals surface area (Å²) in [7, 11) is 1.62. The highest BCUT2D eigenvalue weighted by molar-refractivity contribution is 6.00. The van der Waals surface area contributed by atoms with Crippen molar-refractivity contribution >= 4 is 5.91 Å². The molecule has 2 unspecified atom stereocenters. The van der Waals surface area contributed by atoms with E-state index in [1.165, 1.54) is 12.2 Å². The summed E-state index contributed by atoms with van der Waals surface area (Å²) >= 11 is 0. The summed E-state index contributed by atoms with van der Waals surface area (Å²) in [4.78, 5) is 15.3. The van der Waals surface area contributed by atoms with Crippen LogP contribution in [0.4, 0.5) is 4.39 Å². The van der Waals surface area contributed by atoms with Gasteiger partial charge in [-0.05, 0) is 31.6 Å². The van der Waals surface area contributed by atoms with Crippen LogP contribution in [0.3, 0.4) is 0 Å². The maximum atomic E-state index is 13.6. The minimum atomic E-state index is -0.405. The number of hydrogen-bond donors (Lipinski definition) is 1. The first-order chi connectivity index (χ1) is 15.1. The molecule has 0 bridgehead atoms. The predicted octanol–water partition coefficient (Wildman–Crippen LogP) is 5.12. The van der Waals surface area contributed by atoms with Crippen molar-refractivity contribution in [2.45, 2.75) is 25.4 Å². The van der Waals surface area contributed by atoms with E-state index >= 15 is 0 Å². The van der Waals surface area contributed by atoms with Crippen molar-refractivity contribution in [1.82, 2.24) is 15.1 Å². The second kappa shape index (κ2) is 7.54. The third-order valence-corrected chi connectivity index (χ3v) is 5.95. The number of hydrogen-bond acceptors (Lipinski definition) is 3. The van der Waals surface area contributed by atoms with E-state index in [-0.39, 0.29) is 17.8 Å². The van der Waals surface area contributed by atoms with Gasteiger partial charge in [-0.25, -0.2) is 4.39 Å². The van der Waals surface area contributed by atoms with Crippen LogP contribution in [-0.4, -0.2) is 34.2 Å². The van der Waals surface area contributed by atoms with Crippen molar-refractivity contribution in [2.75, 3.05) is 7.11 Å². The van der Waals surface area contributed by atoms with Crippen LogP contribution in [0.15, 0.2) is 72.6 Å². The fourth-order valence-electron chi connectivity index (χ4n) is 4.43. The van der Waals surface area contributed by atoms with Gasteiger partial charge in [0.2, 0.25) is 0 Å². The second-order valence-corrected chi connectivity index (χ2v) is 7.83. The number of carbonyl (C=O) groups excluding carboxylic acids is 1. The predicted molar refractivity (Wildman–Crippen MR) is 117 cm³/mol. The molecule has 2 atom stereocenters. The normalized spacial score (nSPS) is 20.0. The van der Waals surface area contributed by atoms with Gasteiger partial charge in [-0.3, -0.25) is 9.89 Å². The Balaban J connectivity index is 1.69. The summed E-state index contributed by atoms with van der Waals surface area (Å²) in [6.45, 7) is 2.03. The molecule has 0 saturated carbocycles. The highest BCUT2D eigenvalue weighted by Gasteiger charge is 2.45. The zero-order valence-corrected chi connectivity index (χ0v) is 17.3. The van der Waals surface area contributed by atoms with E-state index in [4.69, 9.17) is 4.74 Å². The average molecular weight is 415 g/mol. The molecule has 0 saturated heterocycles. The standard InChI is InChI=1S/C25H22FN3O2/c1-15-7-9-16(10-8-15)22-21-23(28-27-22)25(30)29(18-13-11-17(26)12-14-18)24(21)19-5-3-4-6-20(19)31-2/h3-13,18,24H,14H2,1-2H3,(H,27,28). The number of methoxy groups -OCH3 is 1. The summed E-state index contributed by atoms with van der Waals surface area (Å²) in [6, 6.07) is 15.1. The van der Waals surface area contributed by atoms with Crippen molar-refractivity contribution in [3.63, 3.8) is 0 Å². The summed E-state index contributed by atoms with van der Waals surface area (Å²) in [6.07, 6.45) is 5.10. The molecule has 1 N–H and O–H groups in total. The largest absolute Gasteiger partial charge is 0.496 e. The molecule has 1 amide bonds. The highest BCUT2D eigenvalue weighted by atomic mass is 19.1. The molecule has 2 aromatic carbocycles. The fourth-order valence-corrected chi connectivity index (χ4v) is 4.43. The van der Waals surface area contributed by atoms with Gasteiger partial charge in [-0.2, -0.15) is 5.10 Å². The molecule has 2 heterocycles. The minimum absolute atomic E-state index is 0.151. The number of benzene rings is 2. The third kappa shape index (κ3) is 3.15. The quantitative estimate of drug-likeness (QED) is 0.643. The summed E-state index contributed by atoms with van der Waals surface area (Å²) < 4.78 is 19.3. The van der Waals surface area contributed by atoms with Crippen LogP contribution in [-0.2, 0) is 0 Å². The van der Waals surface area contributed by atoms with Crippen molar-refractivity contribution in [3.8, 4) is 17.0 Å². The number of nitrogens with zero attached hydrogens (tertiary/aromatic N) is 2. The number of nitrogens with one attached hydrogen (secondary N) is 1. The lowest BCUT2D eigenvalue weighted by molar-refractivity contribution is 0.0694. The van der Waals surface area contributed by atoms with Gasteiger partial charge in [-0.1, -0.05) is 54.1 Å². The molecule has 5 nitrogen and oxygen atoms in total. The first-order valence-corrected chi connectivity index (χ1v) is 10.2. The molecule has 5 rings (SSSR count). The van der Waals surface area contributed by atoms with Crippen LogP contribution in [0, 0.1) is 6.92 Å². The number of amides is 1. The van der Waals surface area contributed by atoms with E-state index in [0.29, 0.717) is 17.9 Å². The maximum Gasteiger partial charge on any atom is 0.273 e. The number of para-hydroxylation sites is 1. The number of fused-ring (bicyclic) bond motifs is 1. The van der Waals surface area contributed by atoms with Gasteiger partial charge in [0.25, 0.3) is 5.91 Å². The lowest BCUT2D eigenvalue weighted by Crippen LogP contribution is -2.38. The molecular weight excluding hydrogens is 393 g/mol. The molecule has 6 heteroatoms. The lowest BCUT2D eigenvalue weighted by Gasteiger charge is -2.33. The number of rotatable bonds is 4. The minimum Gasteiger partial charge on any atom is -0.496 e. The van der Waals surface area contributed by atoms with Crippen molar-refractivity contribution in [2.24, 2.45) is 0 Å². The maximum absolute atomic E-state index is 13.6. The van der Waals surface area contributed by atoms with Crippen LogP contribution in [0.2, 0.25) is 0 Å². The van der Waals surface area contributed by atoms with Crippen LogP contribution in [0.5, 0.6) is 5.75 Å². The Hall–Kier alpha value is -3.67. The number of H-pyrrole nitrogens is 1. The topological polar surface area (TPSA) is 58.2 Å². The lowest BCUT2D eigenvalue weighted by atomic mass is 9.93. The van der Waals surface area contributed by atoms with Crippen LogP contribution in [0.1, 0.15) is 39.6 Å². The van der Waals surface area contributed by atoms with Gasteiger partial charge in [0.05, 0.1) is 24.9 Å². The van der Waals surface area contributed by atoms with Crippen LogP contribution >= 0.6 is 0 Å². The first-order valence-electron chi connectivity index (χ1n) is 10.2. The number of ether oxygens (including phenoxy) is 1. The Bertz CT molecular complexity index is 1210. The zero-order chi connectivity index (χ0) is 21.5. The summed E-state index contributed by atoms with van der Waals surface area (Å²) in [5.41, 5.74) is 4.98. The first kappa shape index (κ1) is 19.3. The molecule has 156 valence electrons. The van der Waals surface area contributed by atoms with E-state index in [9.17, 15) is 9.18 Å². The molecule has 3 aromatic rings. The molecule has 1 aliphatic carbocycles. The second-order valence-electron chi connectivity index (χ2n) is 7.83. The van der Waals surface area contributed by atoms with Gasteiger partial charge >= 0.3 is 0 Å². The molecule has 0 spiro atoms. The van der Waals surface area contributed by atoms with Gasteiger partial charge in [0, 0.05) is 16.7 Å². The third-order valence-electron chi connectivity index (χ3n) is 5.95. The Kier molecular flexibility index (Phi) is 4.70. The molecule has 2 aliphatic rings. The number of aryl methyl sites for hydroxylation is 1. The monoisotopic (exact) mass is 415 g/mol. The van der Waals surface area contributed by atoms with E-state index in [1.54, 1.807) is 18.1 Å². The SMILES string of the molecule is COc1ccccc1C1c2c(-c3ccc(C)cc3)n[nH]c2C(=O)N1C1C=CC(F)=CC1. The number of aromatic amines is 1. The number of allylic oxidation sites excluding steroid dienone is 2. The van der Waals surface area contributed by atoms with Gasteiger partial charge in [-0.15, -0.1) is 0 Å². The Labute approximate surface area is 179 Å². The van der Waals surface area contributed by atoms with Gasteiger partial charge < -0.3 is 9.64 Å². The highest BCUT2D eigenvalue weighted by Crippen LogP contribution is 2.47. The molecular formula is C25H22FN3O2. The van der Waals surface area contributed by atoms with Crippen molar-refractivity contribution in [1.29, 1.82) is 0 Å². The summed E-state index contributed by atoms with van der Waals surface area (Å²) in [5.74, 6) is 0.259. The van der Waals surface area contributed by atoms with E-state index in [1.807, 2.05) is 55.5 Å². The van der Waals surface area contributed by atoms with E-state index in [2.05, 4.69) is 10.2 Å². The van der Waals surface area contributed by atoms with Crippen molar-refractivity contribution < 1.29 is 13.9 Å². The van der Waals surface area contributed by atoms with E-state index < -0.39 is 6.04 Å². The Morgan fingerprint density at radius 1 is 1.16 bits per heavy atom. The van der Waals surface area contributed by atoms with Gasteiger partial charge in [0.15, 0.2) is 0 Å². The molecule has 1 aromatic heterocycles. The van der Waals surface area contributed by atoms with E-state index in [0.717, 1.165) is 27.9 Å². The Morgan fingerprint density at radius 2 is 1.94 bits per heavy atom. The van der Waals surface area contributed by atoms with Gasteiger partial charge in [0.1, 0.15) is 17.3 Å². The van der Waals surface area contributed by atoms with Crippen LogP contribution in [0.25, 0.3) is 11.3 Å². The molecule has 31 heavy (non-hydrogen) atoms. The fraction of sp³-hybridized carbons (Fsp3) is 0.200. The zero-order valence-electron chi connectivity index (χ0n) is 17.3. The van der Waals surface area contributed by atoms with Crippen molar-refractivity contribution in [3.05, 3.63) is 95.0 Å². The summed E-state index contributed by atoms with van der Waals surface area (Å²) in [5, 5.41) is 7.48.